The highest BCUT2D eigenvalue weighted by Gasteiger charge is 2.19. The van der Waals surface area contributed by atoms with Gasteiger partial charge < -0.3 is 24.7 Å². The van der Waals surface area contributed by atoms with E-state index in [-0.39, 0.29) is 18.4 Å². The molecule has 0 spiro atoms. The molecule has 0 unspecified atom stereocenters. The molecule has 3 aromatic rings. The Hall–Kier alpha value is -3.48. The molecule has 0 bridgehead atoms. The molecule has 3 rings (SSSR count). The smallest absolute Gasteiger partial charge is 0.256 e. The number of aromatic nitrogens is 1. The first-order valence-electron chi connectivity index (χ1n) is 8.37. The molecule has 0 saturated carbocycles. The van der Waals surface area contributed by atoms with Crippen LogP contribution in [0.2, 0.25) is 0 Å². The Morgan fingerprint density at radius 2 is 1.89 bits per heavy atom. The fourth-order valence-electron chi connectivity index (χ4n) is 2.83. The summed E-state index contributed by atoms with van der Waals surface area (Å²) in [5.41, 5.74) is 1.92. The SMILES string of the molecule is COc1ccc(NC(=O)CN(C)C(=O)c2c[nH]c3ccccc23)c(OC)c1. The van der Waals surface area contributed by atoms with E-state index in [1.165, 1.54) is 12.0 Å². The van der Waals surface area contributed by atoms with Crippen LogP contribution in [0.1, 0.15) is 10.4 Å². The van der Waals surface area contributed by atoms with Crippen molar-refractivity contribution in [2.24, 2.45) is 0 Å². The number of carbonyl (C=O) groups is 2. The Balaban J connectivity index is 1.69. The third kappa shape index (κ3) is 3.87. The number of benzene rings is 2. The van der Waals surface area contributed by atoms with Gasteiger partial charge >= 0.3 is 0 Å². The number of likely N-dealkylation sites (N-methyl/N-ethyl adjacent to an activating group) is 1. The average molecular weight is 367 g/mol. The summed E-state index contributed by atoms with van der Waals surface area (Å²) in [5, 5.41) is 3.59. The van der Waals surface area contributed by atoms with Crippen molar-refractivity contribution in [3.8, 4) is 11.5 Å². The predicted octanol–water partition coefficient (Wildman–Crippen LogP) is 2.90. The average Bonchev–Trinajstić information content (AvgIpc) is 3.11. The first-order valence-corrected chi connectivity index (χ1v) is 8.37. The number of nitrogens with zero attached hydrogens (tertiary/aromatic N) is 1. The molecular weight excluding hydrogens is 346 g/mol. The lowest BCUT2D eigenvalue weighted by atomic mass is 10.1. The van der Waals surface area contributed by atoms with E-state index in [1.807, 2.05) is 24.3 Å². The maximum absolute atomic E-state index is 12.7. The minimum Gasteiger partial charge on any atom is -0.497 e. The van der Waals surface area contributed by atoms with Crippen LogP contribution in [0, 0.1) is 0 Å². The van der Waals surface area contributed by atoms with Crippen molar-refractivity contribution >= 4 is 28.4 Å². The number of H-pyrrole nitrogens is 1. The largest absolute Gasteiger partial charge is 0.497 e. The van der Waals surface area contributed by atoms with Crippen LogP contribution in [0.25, 0.3) is 10.9 Å². The van der Waals surface area contributed by atoms with E-state index in [2.05, 4.69) is 10.3 Å². The van der Waals surface area contributed by atoms with Crippen LogP contribution < -0.4 is 14.8 Å². The summed E-state index contributed by atoms with van der Waals surface area (Å²) in [6.45, 7) is -0.0898. The zero-order chi connectivity index (χ0) is 19.4. The number of fused-ring (bicyclic) bond motifs is 1. The molecule has 0 radical (unpaired) electrons. The third-order valence-electron chi connectivity index (χ3n) is 4.23. The first-order chi connectivity index (χ1) is 13.0. The van der Waals surface area contributed by atoms with Crippen LogP contribution in [0.4, 0.5) is 5.69 Å². The molecular formula is C20H21N3O4. The first kappa shape index (κ1) is 18.3. The Kier molecular flexibility index (Phi) is 5.30. The van der Waals surface area contributed by atoms with E-state index in [9.17, 15) is 9.59 Å². The molecule has 0 saturated heterocycles. The minimum atomic E-state index is -0.325. The summed E-state index contributed by atoms with van der Waals surface area (Å²) in [7, 11) is 4.66. The molecule has 140 valence electrons. The van der Waals surface area contributed by atoms with E-state index in [1.54, 1.807) is 38.6 Å². The summed E-state index contributed by atoms with van der Waals surface area (Å²) >= 11 is 0. The van der Waals surface area contributed by atoms with Crippen molar-refractivity contribution in [2.75, 3.05) is 33.1 Å². The van der Waals surface area contributed by atoms with Gasteiger partial charge in [-0.25, -0.2) is 0 Å². The normalized spacial score (nSPS) is 10.5. The number of para-hydroxylation sites is 1. The minimum absolute atomic E-state index is 0.0898. The Morgan fingerprint density at radius 1 is 1.11 bits per heavy atom. The second-order valence-corrected chi connectivity index (χ2v) is 6.02. The monoisotopic (exact) mass is 367 g/mol. The van der Waals surface area contributed by atoms with E-state index in [0.29, 0.717) is 22.7 Å². The van der Waals surface area contributed by atoms with Gasteiger partial charge in [-0.15, -0.1) is 0 Å². The molecule has 0 aliphatic carbocycles. The summed E-state index contributed by atoms with van der Waals surface area (Å²) in [6.07, 6.45) is 1.66. The quantitative estimate of drug-likeness (QED) is 0.702. The van der Waals surface area contributed by atoms with Crippen LogP contribution in [0.5, 0.6) is 11.5 Å². The van der Waals surface area contributed by atoms with Gasteiger partial charge in [0.1, 0.15) is 11.5 Å². The van der Waals surface area contributed by atoms with Crippen molar-refractivity contribution in [2.45, 2.75) is 0 Å². The van der Waals surface area contributed by atoms with Crippen molar-refractivity contribution < 1.29 is 19.1 Å². The molecule has 2 aromatic carbocycles. The predicted molar refractivity (Wildman–Crippen MR) is 103 cm³/mol. The molecule has 0 atom stereocenters. The van der Waals surface area contributed by atoms with Crippen molar-refractivity contribution in [3.05, 3.63) is 54.2 Å². The Morgan fingerprint density at radius 3 is 2.63 bits per heavy atom. The zero-order valence-electron chi connectivity index (χ0n) is 15.4. The number of carbonyl (C=O) groups excluding carboxylic acids is 2. The molecule has 7 heteroatoms. The van der Waals surface area contributed by atoms with Gasteiger partial charge in [0.05, 0.1) is 32.0 Å². The number of hydrogen-bond donors (Lipinski definition) is 2. The van der Waals surface area contributed by atoms with Crippen molar-refractivity contribution in [1.29, 1.82) is 0 Å². The number of anilines is 1. The second kappa shape index (κ2) is 7.82. The topological polar surface area (TPSA) is 83.7 Å². The van der Waals surface area contributed by atoms with Gasteiger partial charge in [-0.1, -0.05) is 18.2 Å². The fraction of sp³-hybridized carbons (Fsp3) is 0.200. The number of nitrogens with one attached hydrogen (secondary N) is 2. The standard InChI is InChI=1S/C20H21N3O4/c1-23(20(25)15-11-21-16-7-5-4-6-14(15)16)12-19(24)22-17-9-8-13(26-2)10-18(17)27-3/h4-11,21H,12H2,1-3H3,(H,22,24). The number of ether oxygens (including phenoxy) is 2. The van der Waals surface area contributed by atoms with Crippen LogP contribution in [-0.4, -0.2) is 49.5 Å². The molecule has 0 aliphatic heterocycles. The molecule has 1 aromatic heterocycles. The second-order valence-electron chi connectivity index (χ2n) is 6.02. The number of amides is 2. The zero-order valence-corrected chi connectivity index (χ0v) is 15.4. The third-order valence-corrected chi connectivity index (χ3v) is 4.23. The number of hydrogen-bond acceptors (Lipinski definition) is 4. The maximum Gasteiger partial charge on any atom is 0.256 e. The number of rotatable bonds is 6. The van der Waals surface area contributed by atoms with Crippen LogP contribution in [-0.2, 0) is 4.79 Å². The van der Waals surface area contributed by atoms with E-state index < -0.39 is 0 Å². The van der Waals surface area contributed by atoms with E-state index in [4.69, 9.17) is 9.47 Å². The molecule has 1 heterocycles. The maximum atomic E-state index is 12.7. The highest BCUT2D eigenvalue weighted by atomic mass is 16.5. The van der Waals surface area contributed by atoms with Gasteiger partial charge in [-0.2, -0.15) is 0 Å². The molecule has 7 nitrogen and oxygen atoms in total. The lowest BCUT2D eigenvalue weighted by molar-refractivity contribution is -0.116. The summed E-state index contributed by atoms with van der Waals surface area (Å²) < 4.78 is 10.4. The molecule has 0 aliphatic rings. The molecule has 0 fully saturated rings. The summed E-state index contributed by atoms with van der Waals surface area (Å²) in [5.74, 6) is 0.545. The summed E-state index contributed by atoms with van der Waals surface area (Å²) in [4.78, 5) is 29.5. The molecule has 2 N–H and O–H groups in total. The van der Waals surface area contributed by atoms with Crippen LogP contribution in [0.15, 0.2) is 48.7 Å². The van der Waals surface area contributed by atoms with Gasteiger partial charge in [0.15, 0.2) is 0 Å². The van der Waals surface area contributed by atoms with Gasteiger partial charge in [0.25, 0.3) is 5.91 Å². The van der Waals surface area contributed by atoms with Crippen LogP contribution in [0.3, 0.4) is 0 Å². The van der Waals surface area contributed by atoms with Gasteiger partial charge in [0.2, 0.25) is 5.91 Å². The lowest BCUT2D eigenvalue weighted by Crippen LogP contribution is -2.34. The van der Waals surface area contributed by atoms with Crippen molar-refractivity contribution in [1.82, 2.24) is 9.88 Å². The highest BCUT2D eigenvalue weighted by Crippen LogP contribution is 2.29. The Bertz CT molecular complexity index is 980. The van der Waals surface area contributed by atoms with Crippen LogP contribution >= 0.6 is 0 Å². The lowest BCUT2D eigenvalue weighted by Gasteiger charge is -2.17. The number of methoxy groups -OCH3 is 2. The summed E-state index contributed by atoms with van der Waals surface area (Å²) in [6, 6.07) is 12.6. The van der Waals surface area contributed by atoms with Gasteiger partial charge in [-0.05, 0) is 18.2 Å². The van der Waals surface area contributed by atoms with Gasteiger partial charge in [-0.3, -0.25) is 9.59 Å². The highest BCUT2D eigenvalue weighted by molar-refractivity contribution is 6.08. The van der Waals surface area contributed by atoms with E-state index in [0.717, 1.165) is 10.9 Å². The Labute approximate surface area is 156 Å². The van der Waals surface area contributed by atoms with Crippen molar-refractivity contribution in [3.63, 3.8) is 0 Å². The molecule has 27 heavy (non-hydrogen) atoms. The number of aromatic amines is 1. The van der Waals surface area contributed by atoms with Gasteiger partial charge in [0, 0.05) is 30.2 Å². The fourth-order valence-corrected chi connectivity index (χ4v) is 2.83. The molecule has 2 amide bonds. The van der Waals surface area contributed by atoms with E-state index >= 15 is 0 Å².